The molecule has 6 heteroatoms. The molecule has 1 heterocycles. The second-order valence-corrected chi connectivity index (χ2v) is 5.61. The van der Waals surface area contributed by atoms with Crippen molar-refractivity contribution >= 4 is 22.5 Å². The molecule has 0 saturated heterocycles. The van der Waals surface area contributed by atoms with Gasteiger partial charge < -0.3 is 14.8 Å². The maximum atomic E-state index is 12.6. The van der Waals surface area contributed by atoms with Crippen LogP contribution in [0.25, 0.3) is 10.9 Å². The molecule has 0 bridgehead atoms. The van der Waals surface area contributed by atoms with E-state index in [1.165, 1.54) is 0 Å². The standard InChI is InChI=1S/C20H17N3O3/c1-13-18(11-14-3-6-17(25-2)12-19(14)22-13)20(24)23-15-4-7-16(8-5-15)26-10-9-21/h3-8,11-12H,10H2,1-2H3,(H,23,24). The summed E-state index contributed by atoms with van der Waals surface area (Å²) in [6.07, 6.45) is 0. The number of anilines is 1. The Morgan fingerprint density at radius 2 is 1.88 bits per heavy atom. The van der Waals surface area contributed by atoms with Crippen LogP contribution in [-0.2, 0) is 0 Å². The first-order chi connectivity index (χ1) is 12.6. The molecule has 3 rings (SSSR count). The van der Waals surface area contributed by atoms with Crippen molar-refractivity contribution in [2.24, 2.45) is 0 Å². The average Bonchev–Trinajstić information content (AvgIpc) is 2.66. The first kappa shape index (κ1) is 17.2. The summed E-state index contributed by atoms with van der Waals surface area (Å²) >= 11 is 0. The van der Waals surface area contributed by atoms with Gasteiger partial charge in [0.15, 0.2) is 6.61 Å². The zero-order valence-corrected chi connectivity index (χ0v) is 14.4. The van der Waals surface area contributed by atoms with Crippen LogP contribution in [0.3, 0.4) is 0 Å². The molecule has 2 aromatic carbocycles. The van der Waals surface area contributed by atoms with Gasteiger partial charge in [-0.3, -0.25) is 9.78 Å². The van der Waals surface area contributed by atoms with Crippen LogP contribution in [-0.4, -0.2) is 24.6 Å². The number of rotatable bonds is 5. The number of amides is 1. The lowest BCUT2D eigenvalue weighted by Gasteiger charge is -2.10. The van der Waals surface area contributed by atoms with Crippen molar-refractivity contribution in [1.29, 1.82) is 5.26 Å². The van der Waals surface area contributed by atoms with Crippen LogP contribution in [0.15, 0.2) is 48.5 Å². The third-order valence-corrected chi connectivity index (χ3v) is 3.88. The maximum absolute atomic E-state index is 12.6. The van der Waals surface area contributed by atoms with Crippen LogP contribution < -0.4 is 14.8 Å². The van der Waals surface area contributed by atoms with Gasteiger partial charge in [0.25, 0.3) is 5.91 Å². The van der Waals surface area contributed by atoms with Crippen molar-refractivity contribution in [1.82, 2.24) is 4.98 Å². The number of nitrogens with zero attached hydrogens (tertiary/aromatic N) is 2. The van der Waals surface area contributed by atoms with Crippen molar-refractivity contribution in [3.63, 3.8) is 0 Å². The molecule has 130 valence electrons. The first-order valence-electron chi connectivity index (χ1n) is 7.97. The Bertz CT molecular complexity index is 992. The topological polar surface area (TPSA) is 84.2 Å². The SMILES string of the molecule is COc1ccc2cc(C(=O)Nc3ccc(OCC#N)cc3)c(C)nc2c1. The summed E-state index contributed by atoms with van der Waals surface area (Å²) in [5.74, 6) is 1.06. The van der Waals surface area contributed by atoms with Crippen molar-refractivity contribution in [2.75, 3.05) is 19.0 Å². The molecule has 26 heavy (non-hydrogen) atoms. The maximum Gasteiger partial charge on any atom is 0.257 e. The molecule has 3 aromatic rings. The van der Waals surface area contributed by atoms with E-state index in [0.717, 1.165) is 16.7 Å². The highest BCUT2D eigenvalue weighted by atomic mass is 16.5. The number of hydrogen-bond donors (Lipinski definition) is 1. The van der Waals surface area contributed by atoms with Gasteiger partial charge in [0.05, 0.1) is 23.9 Å². The zero-order chi connectivity index (χ0) is 18.5. The summed E-state index contributed by atoms with van der Waals surface area (Å²) in [4.78, 5) is 17.1. The fraction of sp³-hybridized carbons (Fsp3) is 0.150. The highest BCUT2D eigenvalue weighted by Crippen LogP contribution is 2.23. The van der Waals surface area contributed by atoms with E-state index in [0.29, 0.717) is 22.7 Å². The molecule has 0 aliphatic rings. The van der Waals surface area contributed by atoms with Gasteiger partial charge >= 0.3 is 0 Å². The minimum absolute atomic E-state index is 0.0154. The Balaban J connectivity index is 1.81. The number of nitriles is 1. The molecule has 1 N–H and O–H groups in total. The summed E-state index contributed by atoms with van der Waals surface area (Å²) < 4.78 is 10.4. The minimum atomic E-state index is -0.238. The Kier molecular flexibility index (Phi) is 4.99. The van der Waals surface area contributed by atoms with Crippen molar-refractivity contribution < 1.29 is 14.3 Å². The number of ether oxygens (including phenoxy) is 2. The molecule has 0 atom stereocenters. The van der Waals surface area contributed by atoms with E-state index in [4.69, 9.17) is 14.7 Å². The Morgan fingerprint density at radius 1 is 1.15 bits per heavy atom. The molecule has 0 fully saturated rings. The molecule has 0 unspecified atom stereocenters. The van der Waals surface area contributed by atoms with Gasteiger partial charge in [-0.25, -0.2) is 0 Å². The highest BCUT2D eigenvalue weighted by Gasteiger charge is 2.12. The number of fused-ring (bicyclic) bond motifs is 1. The molecular formula is C20H17N3O3. The lowest BCUT2D eigenvalue weighted by atomic mass is 10.1. The van der Waals surface area contributed by atoms with Crippen LogP contribution in [0.4, 0.5) is 5.69 Å². The monoisotopic (exact) mass is 347 g/mol. The highest BCUT2D eigenvalue weighted by molar-refractivity contribution is 6.06. The van der Waals surface area contributed by atoms with E-state index in [1.54, 1.807) is 38.3 Å². The fourth-order valence-corrected chi connectivity index (χ4v) is 2.55. The van der Waals surface area contributed by atoms with Crippen LogP contribution in [0.5, 0.6) is 11.5 Å². The Morgan fingerprint density at radius 3 is 2.58 bits per heavy atom. The number of aryl methyl sites for hydroxylation is 1. The average molecular weight is 347 g/mol. The summed E-state index contributed by atoms with van der Waals surface area (Å²) in [6.45, 7) is 1.78. The van der Waals surface area contributed by atoms with Gasteiger partial charge in [-0.15, -0.1) is 0 Å². The number of pyridine rings is 1. The second-order valence-electron chi connectivity index (χ2n) is 5.61. The smallest absolute Gasteiger partial charge is 0.257 e. The van der Waals surface area contributed by atoms with Crippen molar-refractivity contribution in [2.45, 2.75) is 6.92 Å². The minimum Gasteiger partial charge on any atom is -0.497 e. The molecule has 0 saturated carbocycles. The van der Waals surface area contributed by atoms with Crippen LogP contribution in [0.2, 0.25) is 0 Å². The number of aromatic nitrogens is 1. The number of carbonyl (C=O) groups is 1. The van der Waals surface area contributed by atoms with E-state index in [1.807, 2.05) is 30.3 Å². The normalized spacial score (nSPS) is 10.2. The quantitative estimate of drug-likeness (QED) is 0.760. The Hall–Kier alpha value is -3.59. The van der Waals surface area contributed by atoms with E-state index < -0.39 is 0 Å². The fourth-order valence-electron chi connectivity index (χ4n) is 2.55. The molecule has 1 aromatic heterocycles. The number of nitrogens with one attached hydrogen (secondary N) is 1. The largest absolute Gasteiger partial charge is 0.497 e. The molecule has 0 aliphatic carbocycles. The van der Waals surface area contributed by atoms with Crippen LogP contribution in [0, 0.1) is 18.3 Å². The molecule has 6 nitrogen and oxygen atoms in total. The zero-order valence-electron chi connectivity index (χ0n) is 14.4. The first-order valence-corrected chi connectivity index (χ1v) is 7.97. The van der Waals surface area contributed by atoms with E-state index in [-0.39, 0.29) is 12.5 Å². The van der Waals surface area contributed by atoms with Gasteiger partial charge in [0, 0.05) is 17.1 Å². The number of benzene rings is 2. The molecule has 0 radical (unpaired) electrons. The predicted octanol–water partition coefficient (Wildman–Crippen LogP) is 3.71. The lowest BCUT2D eigenvalue weighted by molar-refractivity contribution is 0.102. The van der Waals surface area contributed by atoms with Crippen LogP contribution >= 0.6 is 0 Å². The van der Waals surface area contributed by atoms with E-state index in [9.17, 15) is 4.79 Å². The van der Waals surface area contributed by atoms with E-state index in [2.05, 4.69) is 10.3 Å². The van der Waals surface area contributed by atoms with Crippen molar-refractivity contribution in [3.05, 3.63) is 59.8 Å². The summed E-state index contributed by atoms with van der Waals surface area (Å²) in [7, 11) is 1.60. The van der Waals surface area contributed by atoms with Gasteiger partial charge in [0.1, 0.15) is 17.6 Å². The summed E-state index contributed by atoms with van der Waals surface area (Å²) in [6, 6.07) is 16.1. The van der Waals surface area contributed by atoms with Gasteiger partial charge in [0.2, 0.25) is 0 Å². The third-order valence-electron chi connectivity index (χ3n) is 3.88. The summed E-state index contributed by atoms with van der Waals surface area (Å²) in [5, 5.41) is 12.2. The number of carbonyl (C=O) groups excluding carboxylic acids is 1. The molecule has 1 amide bonds. The third kappa shape index (κ3) is 3.73. The van der Waals surface area contributed by atoms with E-state index >= 15 is 0 Å². The molecule has 0 aliphatic heterocycles. The second kappa shape index (κ2) is 7.53. The van der Waals surface area contributed by atoms with Gasteiger partial charge in [-0.1, -0.05) is 0 Å². The predicted molar refractivity (Wildman–Crippen MR) is 98.5 cm³/mol. The molecule has 0 spiro atoms. The Labute approximate surface area is 151 Å². The van der Waals surface area contributed by atoms with Crippen molar-refractivity contribution in [3.8, 4) is 17.6 Å². The number of methoxy groups -OCH3 is 1. The van der Waals surface area contributed by atoms with Gasteiger partial charge in [-0.2, -0.15) is 5.26 Å². The molecular weight excluding hydrogens is 330 g/mol. The number of hydrogen-bond acceptors (Lipinski definition) is 5. The van der Waals surface area contributed by atoms with Crippen LogP contribution in [0.1, 0.15) is 16.1 Å². The lowest BCUT2D eigenvalue weighted by Crippen LogP contribution is -2.14. The van der Waals surface area contributed by atoms with Gasteiger partial charge in [-0.05, 0) is 49.4 Å². The summed E-state index contributed by atoms with van der Waals surface area (Å²) in [5.41, 5.74) is 2.55.